The number of aldehydes is 1. The highest BCUT2D eigenvalue weighted by molar-refractivity contribution is 5.86. The van der Waals surface area contributed by atoms with Crippen molar-refractivity contribution in [2.24, 2.45) is 0 Å². The third kappa shape index (κ3) is 1.15. The van der Waals surface area contributed by atoms with Crippen LogP contribution in [-0.2, 0) is 0 Å². The van der Waals surface area contributed by atoms with Gasteiger partial charge in [-0.3, -0.25) is 9.20 Å². The molecule has 16 heavy (non-hydrogen) atoms. The number of rotatable bonds is 1. The molecule has 0 amide bonds. The first-order chi connectivity index (χ1) is 7.79. The lowest BCUT2D eigenvalue weighted by Crippen LogP contribution is -1.93. The molecule has 0 spiro atoms. The molecule has 0 fully saturated rings. The van der Waals surface area contributed by atoms with Crippen LogP contribution in [0.1, 0.15) is 16.1 Å². The molecule has 0 saturated carbocycles. The van der Waals surface area contributed by atoms with Crippen molar-refractivity contribution in [2.75, 3.05) is 0 Å². The van der Waals surface area contributed by atoms with Gasteiger partial charge in [-0.1, -0.05) is 11.6 Å². The molecule has 0 aliphatic heterocycles. The highest BCUT2D eigenvalue weighted by Gasteiger charge is 2.05. The van der Waals surface area contributed by atoms with Crippen molar-refractivity contribution in [2.45, 2.75) is 6.92 Å². The van der Waals surface area contributed by atoms with Crippen molar-refractivity contribution < 1.29 is 4.79 Å². The Kier molecular flexibility index (Phi) is 1.80. The van der Waals surface area contributed by atoms with Crippen LogP contribution in [0.5, 0.6) is 0 Å². The molecule has 0 unspecified atom stereocenters. The van der Waals surface area contributed by atoms with Crippen LogP contribution in [0.4, 0.5) is 0 Å². The molecule has 0 radical (unpaired) electrons. The quantitative estimate of drug-likeness (QED) is 0.578. The van der Waals surface area contributed by atoms with Gasteiger partial charge in [0.05, 0.1) is 11.7 Å². The number of carbonyl (C=O) groups is 1. The predicted octanol–water partition coefficient (Wildman–Crippen LogP) is 2.61. The summed E-state index contributed by atoms with van der Waals surface area (Å²) in [6.45, 7) is 2.05. The minimum absolute atomic E-state index is 0.587. The van der Waals surface area contributed by atoms with Crippen LogP contribution < -0.4 is 0 Å². The minimum atomic E-state index is 0.587. The average molecular weight is 210 g/mol. The third-order valence-electron chi connectivity index (χ3n) is 2.77. The summed E-state index contributed by atoms with van der Waals surface area (Å²) >= 11 is 0. The van der Waals surface area contributed by atoms with Crippen LogP contribution in [0.25, 0.3) is 16.6 Å². The first-order valence-electron chi connectivity index (χ1n) is 5.11. The minimum Gasteiger partial charge on any atom is -0.296 e. The van der Waals surface area contributed by atoms with E-state index in [-0.39, 0.29) is 0 Å². The zero-order valence-corrected chi connectivity index (χ0v) is 8.84. The highest BCUT2D eigenvalue weighted by atomic mass is 16.1. The van der Waals surface area contributed by atoms with Crippen molar-refractivity contribution in [1.29, 1.82) is 0 Å². The number of hydrogen-bond donors (Lipinski definition) is 0. The summed E-state index contributed by atoms with van der Waals surface area (Å²) in [6, 6.07) is 10.1. The van der Waals surface area contributed by atoms with Crippen molar-refractivity contribution in [1.82, 2.24) is 9.38 Å². The molecule has 0 bridgehead atoms. The van der Waals surface area contributed by atoms with Crippen LogP contribution in [-0.4, -0.2) is 15.7 Å². The Morgan fingerprint density at radius 3 is 2.94 bits per heavy atom. The van der Waals surface area contributed by atoms with Crippen LogP contribution in [0.3, 0.4) is 0 Å². The van der Waals surface area contributed by atoms with Gasteiger partial charge in [-0.05, 0) is 36.6 Å². The van der Waals surface area contributed by atoms with Crippen molar-refractivity contribution >= 4 is 22.8 Å². The Balaban J connectivity index is 2.56. The zero-order chi connectivity index (χ0) is 11.1. The predicted molar refractivity (Wildman–Crippen MR) is 62.8 cm³/mol. The second-order valence-electron chi connectivity index (χ2n) is 3.89. The fourth-order valence-corrected chi connectivity index (χ4v) is 2.02. The number of benzene rings is 1. The Labute approximate surface area is 92.3 Å². The zero-order valence-electron chi connectivity index (χ0n) is 8.84. The van der Waals surface area contributed by atoms with Gasteiger partial charge in [-0.15, -0.1) is 0 Å². The Hall–Kier alpha value is -2.16. The van der Waals surface area contributed by atoms with E-state index >= 15 is 0 Å². The molecule has 2 aromatic heterocycles. The van der Waals surface area contributed by atoms with E-state index in [9.17, 15) is 4.79 Å². The number of pyridine rings is 1. The summed E-state index contributed by atoms with van der Waals surface area (Å²) in [7, 11) is 0. The van der Waals surface area contributed by atoms with Crippen LogP contribution in [0, 0.1) is 6.92 Å². The number of fused-ring (bicyclic) bond motifs is 3. The highest BCUT2D eigenvalue weighted by Crippen LogP contribution is 2.19. The second kappa shape index (κ2) is 3.17. The lowest BCUT2D eigenvalue weighted by Gasteiger charge is -2.04. The standard InChI is InChI=1S/C13H10N2O/c1-9-2-4-12-10(6-9)3-5-13-14-7-11(8-16)15(12)13/h2-8H,1H3. The molecule has 3 rings (SSSR count). The first kappa shape index (κ1) is 9.09. The monoisotopic (exact) mass is 210 g/mol. The number of nitrogens with zero attached hydrogens (tertiary/aromatic N) is 2. The van der Waals surface area contributed by atoms with E-state index in [2.05, 4.69) is 18.0 Å². The maximum absolute atomic E-state index is 10.9. The molecule has 0 saturated heterocycles. The molecule has 3 aromatic rings. The molecule has 2 heterocycles. The summed E-state index contributed by atoms with van der Waals surface area (Å²) in [4.78, 5) is 15.1. The van der Waals surface area contributed by atoms with E-state index in [1.807, 2.05) is 28.7 Å². The number of carbonyl (C=O) groups excluding carboxylic acids is 1. The van der Waals surface area contributed by atoms with Gasteiger partial charge in [-0.25, -0.2) is 4.98 Å². The Morgan fingerprint density at radius 2 is 2.12 bits per heavy atom. The molecular weight excluding hydrogens is 200 g/mol. The van der Waals surface area contributed by atoms with Gasteiger partial charge in [-0.2, -0.15) is 0 Å². The lowest BCUT2D eigenvalue weighted by molar-refractivity contribution is 0.111. The molecule has 78 valence electrons. The summed E-state index contributed by atoms with van der Waals surface area (Å²) in [5.74, 6) is 0. The normalized spacial score (nSPS) is 11.1. The van der Waals surface area contributed by atoms with Gasteiger partial charge in [0.25, 0.3) is 0 Å². The number of aromatic nitrogens is 2. The van der Waals surface area contributed by atoms with E-state index in [4.69, 9.17) is 0 Å². The summed E-state index contributed by atoms with van der Waals surface area (Å²) < 4.78 is 1.88. The van der Waals surface area contributed by atoms with Gasteiger partial charge in [0.15, 0.2) is 6.29 Å². The van der Waals surface area contributed by atoms with Crippen molar-refractivity contribution in [3.05, 3.63) is 47.8 Å². The summed E-state index contributed by atoms with van der Waals surface area (Å²) in [5, 5.41) is 1.12. The van der Waals surface area contributed by atoms with Crippen LogP contribution in [0.15, 0.2) is 36.5 Å². The topological polar surface area (TPSA) is 34.4 Å². The fraction of sp³-hybridized carbons (Fsp3) is 0.0769. The van der Waals surface area contributed by atoms with Gasteiger partial charge < -0.3 is 0 Å². The average Bonchev–Trinajstić information content (AvgIpc) is 2.71. The van der Waals surface area contributed by atoms with E-state index < -0.39 is 0 Å². The van der Waals surface area contributed by atoms with Crippen molar-refractivity contribution in [3.8, 4) is 0 Å². The van der Waals surface area contributed by atoms with E-state index in [0.717, 1.165) is 22.8 Å². The van der Waals surface area contributed by atoms with E-state index in [1.54, 1.807) is 6.20 Å². The number of hydrogen-bond acceptors (Lipinski definition) is 2. The summed E-state index contributed by atoms with van der Waals surface area (Å²) in [5.41, 5.74) is 3.62. The maximum Gasteiger partial charge on any atom is 0.168 e. The van der Waals surface area contributed by atoms with Crippen LogP contribution in [0.2, 0.25) is 0 Å². The Morgan fingerprint density at radius 1 is 1.25 bits per heavy atom. The summed E-state index contributed by atoms with van der Waals surface area (Å²) in [6.07, 6.45) is 2.43. The SMILES string of the molecule is Cc1ccc2c(ccc3ncc(C=O)n32)c1. The number of imidazole rings is 1. The fourth-order valence-electron chi connectivity index (χ4n) is 2.02. The molecule has 0 aliphatic carbocycles. The third-order valence-corrected chi connectivity index (χ3v) is 2.77. The molecule has 1 aromatic carbocycles. The lowest BCUT2D eigenvalue weighted by atomic mass is 10.1. The van der Waals surface area contributed by atoms with Gasteiger partial charge >= 0.3 is 0 Å². The van der Waals surface area contributed by atoms with E-state index in [1.165, 1.54) is 5.56 Å². The smallest absolute Gasteiger partial charge is 0.168 e. The largest absolute Gasteiger partial charge is 0.296 e. The molecule has 3 heteroatoms. The van der Waals surface area contributed by atoms with Gasteiger partial charge in [0.1, 0.15) is 11.3 Å². The second-order valence-corrected chi connectivity index (χ2v) is 3.89. The molecule has 0 atom stereocenters. The van der Waals surface area contributed by atoms with Crippen LogP contribution >= 0.6 is 0 Å². The Bertz CT molecular complexity index is 698. The van der Waals surface area contributed by atoms with Crippen molar-refractivity contribution in [3.63, 3.8) is 0 Å². The first-order valence-corrected chi connectivity index (χ1v) is 5.11. The molecule has 3 nitrogen and oxygen atoms in total. The van der Waals surface area contributed by atoms with Gasteiger partial charge in [0.2, 0.25) is 0 Å². The maximum atomic E-state index is 10.9. The van der Waals surface area contributed by atoms with E-state index in [0.29, 0.717) is 5.69 Å². The molecule has 0 N–H and O–H groups in total. The number of aryl methyl sites for hydroxylation is 1. The van der Waals surface area contributed by atoms with Gasteiger partial charge in [0, 0.05) is 0 Å². The molecular formula is C13H10N2O. The molecule has 0 aliphatic rings.